The maximum Gasteiger partial charge on any atom is 0.123 e. The quantitative estimate of drug-likeness (QED) is 0.798. The summed E-state index contributed by atoms with van der Waals surface area (Å²) < 4.78 is 5.32. The van der Waals surface area contributed by atoms with Gasteiger partial charge in [0, 0.05) is 11.1 Å². The molecule has 0 spiro atoms. The molecule has 1 aromatic rings. The molecule has 78 valence electrons. The molecule has 0 heterocycles. The third-order valence-electron chi connectivity index (χ3n) is 2.91. The summed E-state index contributed by atoms with van der Waals surface area (Å²) in [5, 5.41) is 0. The molecule has 1 aromatic carbocycles. The van der Waals surface area contributed by atoms with Crippen molar-refractivity contribution < 1.29 is 4.74 Å². The molecular weight excluding hydrogens is 174 g/mol. The van der Waals surface area contributed by atoms with Crippen molar-refractivity contribution in [1.82, 2.24) is 0 Å². The highest BCUT2D eigenvalue weighted by Gasteiger charge is 2.25. The van der Waals surface area contributed by atoms with Crippen molar-refractivity contribution in [3.63, 3.8) is 0 Å². The van der Waals surface area contributed by atoms with Crippen LogP contribution in [-0.4, -0.2) is 7.11 Å². The van der Waals surface area contributed by atoms with Gasteiger partial charge in [-0.1, -0.05) is 32.0 Å². The van der Waals surface area contributed by atoms with E-state index in [1.807, 2.05) is 24.3 Å². The second-order valence-electron chi connectivity index (χ2n) is 3.56. The van der Waals surface area contributed by atoms with Gasteiger partial charge < -0.3 is 10.5 Å². The third-order valence-corrected chi connectivity index (χ3v) is 2.91. The molecule has 0 aliphatic rings. The van der Waals surface area contributed by atoms with Crippen molar-refractivity contribution in [3.05, 3.63) is 29.8 Å². The molecule has 0 fully saturated rings. The average Bonchev–Trinajstić information content (AvgIpc) is 2.28. The maximum absolute atomic E-state index is 6.31. The molecule has 0 saturated heterocycles. The fourth-order valence-electron chi connectivity index (χ4n) is 1.69. The monoisotopic (exact) mass is 193 g/mol. The highest BCUT2D eigenvalue weighted by molar-refractivity contribution is 5.38. The summed E-state index contributed by atoms with van der Waals surface area (Å²) in [5.74, 6) is 0.888. The van der Waals surface area contributed by atoms with Gasteiger partial charge in [0.25, 0.3) is 0 Å². The van der Waals surface area contributed by atoms with Crippen molar-refractivity contribution in [1.29, 1.82) is 0 Å². The van der Waals surface area contributed by atoms with Crippen LogP contribution in [-0.2, 0) is 5.54 Å². The van der Waals surface area contributed by atoms with Crippen LogP contribution < -0.4 is 10.5 Å². The van der Waals surface area contributed by atoms with E-state index in [1.54, 1.807) is 7.11 Å². The minimum atomic E-state index is -0.257. The van der Waals surface area contributed by atoms with Crippen LogP contribution in [0.2, 0.25) is 0 Å². The van der Waals surface area contributed by atoms with Gasteiger partial charge in [-0.05, 0) is 18.9 Å². The molecule has 0 aliphatic heterocycles. The van der Waals surface area contributed by atoms with E-state index in [0.29, 0.717) is 0 Å². The normalized spacial score (nSPS) is 11.4. The minimum Gasteiger partial charge on any atom is -0.496 e. The van der Waals surface area contributed by atoms with E-state index in [0.717, 1.165) is 24.2 Å². The van der Waals surface area contributed by atoms with E-state index in [4.69, 9.17) is 10.5 Å². The van der Waals surface area contributed by atoms with Crippen LogP contribution in [0.4, 0.5) is 0 Å². The van der Waals surface area contributed by atoms with Gasteiger partial charge in [0.05, 0.1) is 7.11 Å². The summed E-state index contributed by atoms with van der Waals surface area (Å²) in [6.45, 7) is 4.21. The Morgan fingerprint density at radius 1 is 1.21 bits per heavy atom. The highest BCUT2D eigenvalue weighted by Crippen LogP contribution is 2.32. The van der Waals surface area contributed by atoms with E-state index in [-0.39, 0.29) is 5.54 Å². The molecule has 0 aliphatic carbocycles. The second kappa shape index (κ2) is 4.47. The van der Waals surface area contributed by atoms with Crippen molar-refractivity contribution >= 4 is 0 Å². The van der Waals surface area contributed by atoms with Gasteiger partial charge in [0.2, 0.25) is 0 Å². The Balaban J connectivity index is 3.15. The van der Waals surface area contributed by atoms with Crippen LogP contribution in [0.3, 0.4) is 0 Å². The average molecular weight is 193 g/mol. The van der Waals surface area contributed by atoms with Crippen molar-refractivity contribution in [2.24, 2.45) is 5.73 Å². The standard InChI is InChI=1S/C12H19NO/c1-4-12(13,5-2)10-8-6-7-9-11(10)14-3/h6-9H,4-5,13H2,1-3H3. The topological polar surface area (TPSA) is 35.2 Å². The summed E-state index contributed by atoms with van der Waals surface area (Å²) in [4.78, 5) is 0. The molecule has 0 aromatic heterocycles. The van der Waals surface area contributed by atoms with Gasteiger partial charge >= 0.3 is 0 Å². The Hall–Kier alpha value is -1.02. The molecule has 0 radical (unpaired) electrons. The van der Waals surface area contributed by atoms with Crippen LogP contribution >= 0.6 is 0 Å². The van der Waals surface area contributed by atoms with Crippen LogP contribution in [0.5, 0.6) is 5.75 Å². The molecule has 2 heteroatoms. The molecule has 0 bridgehead atoms. The lowest BCUT2D eigenvalue weighted by Crippen LogP contribution is -2.35. The summed E-state index contributed by atoms with van der Waals surface area (Å²) in [5.41, 5.74) is 7.16. The number of hydrogen-bond donors (Lipinski definition) is 1. The first kappa shape index (κ1) is 11.1. The molecule has 14 heavy (non-hydrogen) atoms. The number of nitrogens with two attached hydrogens (primary N) is 1. The largest absolute Gasteiger partial charge is 0.496 e. The van der Waals surface area contributed by atoms with Crippen LogP contribution in [0.25, 0.3) is 0 Å². The fraction of sp³-hybridized carbons (Fsp3) is 0.500. The Labute approximate surface area is 86.1 Å². The van der Waals surface area contributed by atoms with Gasteiger partial charge in [0.15, 0.2) is 0 Å². The number of para-hydroxylation sites is 1. The first-order valence-corrected chi connectivity index (χ1v) is 5.10. The lowest BCUT2D eigenvalue weighted by atomic mass is 9.85. The van der Waals surface area contributed by atoms with E-state index < -0.39 is 0 Å². The van der Waals surface area contributed by atoms with E-state index in [2.05, 4.69) is 13.8 Å². The first-order chi connectivity index (χ1) is 6.68. The van der Waals surface area contributed by atoms with Gasteiger partial charge in [-0.15, -0.1) is 0 Å². The zero-order valence-corrected chi connectivity index (χ0v) is 9.21. The third kappa shape index (κ3) is 1.90. The summed E-state index contributed by atoms with van der Waals surface area (Å²) in [7, 11) is 1.69. The molecule has 0 unspecified atom stereocenters. The number of hydrogen-bond acceptors (Lipinski definition) is 2. The highest BCUT2D eigenvalue weighted by atomic mass is 16.5. The van der Waals surface area contributed by atoms with Crippen molar-refractivity contribution in [2.45, 2.75) is 32.2 Å². The van der Waals surface area contributed by atoms with Crippen LogP contribution in [0.15, 0.2) is 24.3 Å². The van der Waals surface area contributed by atoms with E-state index in [9.17, 15) is 0 Å². The predicted molar refractivity (Wildman–Crippen MR) is 59.4 cm³/mol. The van der Waals surface area contributed by atoms with Gasteiger partial charge in [-0.3, -0.25) is 0 Å². The number of methoxy groups -OCH3 is 1. The molecular formula is C12H19NO. The molecule has 1 rings (SSSR count). The second-order valence-corrected chi connectivity index (χ2v) is 3.56. The Morgan fingerprint density at radius 3 is 2.29 bits per heavy atom. The zero-order chi connectivity index (χ0) is 10.6. The molecule has 0 amide bonds. The summed E-state index contributed by atoms with van der Waals surface area (Å²) >= 11 is 0. The maximum atomic E-state index is 6.31. The van der Waals surface area contributed by atoms with Gasteiger partial charge in [-0.25, -0.2) is 0 Å². The number of rotatable bonds is 4. The Kier molecular flexibility index (Phi) is 3.53. The van der Waals surface area contributed by atoms with E-state index in [1.165, 1.54) is 0 Å². The van der Waals surface area contributed by atoms with Crippen molar-refractivity contribution in [3.8, 4) is 5.75 Å². The summed E-state index contributed by atoms with van der Waals surface area (Å²) in [6, 6.07) is 7.98. The minimum absolute atomic E-state index is 0.257. The number of ether oxygens (including phenoxy) is 1. The fourth-order valence-corrected chi connectivity index (χ4v) is 1.69. The summed E-state index contributed by atoms with van der Waals surface area (Å²) in [6.07, 6.45) is 1.84. The van der Waals surface area contributed by atoms with Gasteiger partial charge in [0.1, 0.15) is 5.75 Å². The Bertz CT molecular complexity index is 292. The molecule has 2 N–H and O–H groups in total. The molecule has 2 nitrogen and oxygen atoms in total. The SMILES string of the molecule is CCC(N)(CC)c1ccccc1OC. The zero-order valence-electron chi connectivity index (χ0n) is 9.21. The van der Waals surface area contributed by atoms with Gasteiger partial charge in [-0.2, -0.15) is 0 Å². The van der Waals surface area contributed by atoms with Crippen LogP contribution in [0.1, 0.15) is 32.3 Å². The smallest absolute Gasteiger partial charge is 0.123 e. The lowest BCUT2D eigenvalue weighted by molar-refractivity contribution is 0.362. The van der Waals surface area contributed by atoms with Crippen molar-refractivity contribution in [2.75, 3.05) is 7.11 Å². The predicted octanol–water partition coefficient (Wildman–Crippen LogP) is 2.67. The van der Waals surface area contributed by atoms with Crippen LogP contribution in [0, 0.1) is 0 Å². The number of benzene rings is 1. The first-order valence-electron chi connectivity index (χ1n) is 5.10. The lowest BCUT2D eigenvalue weighted by Gasteiger charge is -2.28. The molecule has 0 saturated carbocycles. The molecule has 0 atom stereocenters. The Morgan fingerprint density at radius 2 is 1.79 bits per heavy atom. The van der Waals surface area contributed by atoms with E-state index >= 15 is 0 Å².